The van der Waals surface area contributed by atoms with Gasteiger partial charge in [-0.15, -0.1) is 4.79 Å². The lowest BCUT2D eigenvalue weighted by atomic mass is 10.6. The zero-order valence-corrected chi connectivity index (χ0v) is 8.47. The summed E-state index contributed by atoms with van der Waals surface area (Å²) in [5.74, 6) is 0. The minimum Gasteiger partial charge on any atom is -0.306 e. The summed E-state index contributed by atoms with van der Waals surface area (Å²) < 4.78 is 0. The van der Waals surface area contributed by atoms with Crippen molar-refractivity contribution in [2.24, 2.45) is 0 Å². The Morgan fingerprint density at radius 3 is 3.17 bits per heavy atom. The number of nitrogens with zero attached hydrogens (tertiary/aromatic N) is 2. The molecule has 0 atom stereocenters. The molecule has 1 aromatic rings. The molecule has 0 aliphatic carbocycles. The van der Waals surface area contributed by atoms with Crippen LogP contribution >= 0.6 is 27.5 Å². The van der Waals surface area contributed by atoms with E-state index in [4.69, 9.17) is 11.6 Å². The molecule has 0 aliphatic rings. The first-order valence-corrected chi connectivity index (χ1v) is 4.79. The van der Waals surface area contributed by atoms with Gasteiger partial charge < -0.3 is 5.43 Å². The van der Waals surface area contributed by atoms with Crippen LogP contribution in [0.25, 0.3) is 0 Å². The molecule has 1 aromatic heterocycles. The van der Waals surface area contributed by atoms with Gasteiger partial charge in [-0.2, -0.15) is 5.10 Å². The maximum absolute atomic E-state index is 11.2. The van der Waals surface area contributed by atoms with Crippen molar-refractivity contribution in [1.82, 2.24) is 9.89 Å². The Labute approximate surface area is 82.6 Å². The third-order valence-electron chi connectivity index (χ3n) is 1.16. The van der Waals surface area contributed by atoms with Gasteiger partial charge in [-0.1, -0.05) is 27.5 Å². The van der Waals surface area contributed by atoms with Crippen molar-refractivity contribution in [3.8, 4) is 0 Å². The number of alkyl halides is 1. The highest BCUT2D eigenvalue weighted by Gasteiger charge is 1.98. The average molecular weight is 252 g/mol. The van der Waals surface area contributed by atoms with Crippen LogP contribution in [0.4, 0.5) is 0 Å². The molecule has 0 amide bonds. The van der Waals surface area contributed by atoms with Crippen LogP contribution in [0.3, 0.4) is 0 Å². The predicted octanol–water partition coefficient (Wildman–Crippen LogP) is 0.835. The lowest BCUT2D eigenvalue weighted by molar-refractivity contribution is 0.697. The van der Waals surface area contributed by atoms with Gasteiger partial charge in [0.15, 0.2) is 0 Å². The molecule has 0 fully saturated rings. The number of halogens is 2. The van der Waals surface area contributed by atoms with Crippen molar-refractivity contribution in [2.75, 3.05) is 17.3 Å². The molecule has 0 spiro atoms. The van der Waals surface area contributed by atoms with Crippen molar-refractivity contribution < 1.29 is 0 Å². The van der Waals surface area contributed by atoms with E-state index in [-0.39, 0.29) is 10.6 Å². The maximum Gasteiger partial charge on any atom is 0.304 e. The highest BCUT2D eigenvalue weighted by Crippen LogP contribution is 1.95. The van der Waals surface area contributed by atoms with Crippen LogP contribution in [0.1, 0.15) is 0 Å². The van der Waals surface area contributed by atoms with E-state index in [1.165, 1.54) is 12.3 Å². The number of hydrogen-bond acceptors (Lipinski definition) is 3. The zero-order valence-electron chi connectivity index (χ0n) is 6.13. The van der Waals surface area contributed by atoms with Gasteiger partial charge in [-0.25, -0.2) is 0 Å². The van der Waals surface area contributed by atoms with Crippen LogP contribution in [0, 0.1) is 0 Å². The van der Waals surface area contributed by atoms with E-state index in [1.807, 2.05) is 0 Å². The Morgan fingerprint density at radius 2 is 2.50 bits per heavy atom. The molecule has 12 heavy (non-hydrogen) atoms. The molecule has 6 heteroatoms. The Hall–Kier alpha value is -0.550. The topological polar surface area (TPSA) is 46.9 Å². The highest BCUT2D eigenvalue weighted by molar-refractivity contribution is 9.09. The van der Waals surface area contributed by atoms with E-state index in [0.717, 1.165) is 10.1 Å². The van der Waals surface area contributed by atoms with Crippen LogP contribution in [0.5, 0.6) is 0 Å². The molecule has 0 bridgehead atoms. The van der Waals surface area contributed by atoms with Crippen LogP contribution < -0.4 is 11.0 Å². The van der Waals surface area contributed by atoms with Crippen LogP contribution in [0.2, 0.25) is 5.02 Å². The first kappa shape index (κ1) is 9.54. The SMILES string of the molecule is O=c1c(Cl)ccnn1NCCBr. The third kappa shape index (κ3) is 2.22. The normalized spacial score (nSPS) is 9.83. The third-order valence-corrected chi connectivity index (χ3v) is 1.84. The summed E-state index contributed by atoms with van der Waals surface area (Å²) in [5.41, 5.74) is 2.43. The quantitative estimate of drug-likeness (QED) is 0.811. The van der Waals surface area contributed by atoms with Gasteiger partial charge in [0.1, 0.15) is 5.02 Å². The van der Waals surface area contributed by atoms with Crippen LogP contribution in [0.15, 0.2) is 17.1 Å². The molecule has 0 radical (unpaired) electrons. The van der Waals surface area contributed by atoms with E-state index in [2.05, 4.69) is 26.5 Å². The number of nitrogens with one attached hydrogen (secondary N) is 1. The summed E-state index contributed by atoms with van der Waals surface area (Å²) in [6.45, 7) is 0.618. The minimum atomic E-state index is -0.333. The summed E-state index contributed by atoms with van der Waals surface area (Å²) in [7, 11) is 0. The summed E-state index contributed by atoms with van der Waals surface area (Å²) in [6.07, 6.45) is 1.46. The Morgan fingerprint density at radius 1 is 1.75 bits per heavy atom. The van der Waals surface area contributed by atoms with Crippen LogP contribution in [-0.2, 0) is 0 Å². The second-order valence-corrected chi connectivity index (χ2v) is 3.19. The Bertz CT molecular complexity index is 314. The van der Waals surface area contributed by atoms with Crippen molar-refractivity contribution in [3.05, 3.63) is 27.6 Å². The van der Waals surface area contributed by atoms with Gasteiger partial charge in [0, 0.05) is 11.9 Å². The molecule has 0 aromatic carbocycles. The van der Waals surface area contributed by atoms with Gasteiger partial charge in [0.05, 0.1) is 6.20 Å². The van der Waals surface area contributed by atoms with Crippen molar-refractivity contribution in [1.29, 1.82) is 0 Å². The van der Waals surface area contributed by atoms with E-state index < -0.39 is 0 Å². The van der Waals surface area contributed by atoms with Crippen molar-refractivity contribution in [2.45, 2.75) is 0 Å². The summed E-state index contributed by atoms with van der Waals surface area (Å²) in [6, 6.07) is 1.45. The second kappa shape index (κ2) is 4.47. The van der Waals surface area contributed by atoms with Gasteiger partial charge in [0.25, 0.3) is 0 Å². The molecule has 1 N–H and O–H groups in total. The first-order valence-electron chi connectivity index (χ1n) is 3.29. The van der Waals surface area contributed by atoms with Crippen molar-refractivity contribution in [3.63, 3.8) is 0 Å². The Kier molecular flexibility index (Phi) is 3.55. The largest absolute Gasteiger partial charge is 0.306 e. The summed E-state index contributed by atoms with van der Waals surface area (Å²) in [5, 5.41) is 4.67. The molecule has 0 saturated heterocycles. The molecule has 0 saturated carbocycles. The molecule has 0 aliphatic heterocycles. The predicted molar refractivity (Wildman–Crippen MR) is 51.5 cm³/mol. The summed E-state index contributed by atoms with van der Waals surface area (Å²) in [4.78, 5) is 12.3. The van der Waals surface area contributed by atoms with Crippen molar-refractivity contribution >= 4 is 27.5 Å². The number of hydrogen-bond donors (Lipinski definition) is 1. The molecule has 0 unspecified atom stereocenters. The number of aromatic nitrogens is 2. The monoisotopic (exact) mass is 251 g/mol. The molecule has 66 valence electrons. The highest BCUT2D eigenvalue weighted by atomic mass is 79.9. The standard InChI is InChI=1S/C6H7BrClN3O/c7-2-4-10-11-6(12)5(8)1-3-9-11/h1,3,10H,2,4H2. The van der Waals surface area contributed by atoms with Gasteiger partial charge in [0.2, 0.25) is 0 Å². The average Bonchev–Trinajstić information content (AvgIpc) is 2.08. The summed E-state index contributed by atoms with van der Waals surface area (Å²) >= 11 is 8.78. The van der Waals surface area contributed by atoms with E-state index in [9.17, 15) is 4.79 Å². The molecule has 4 nitrogen and oxygen atoms in total. The Balaban J connectivity index is 2.85. The molecule has 1 rings (SSSR count). The molecular weight excluding hydrogens is 245 g/mol. The minimum absolute atomic E-state index is 0.159. The van der Waals surface area contributed by atoms with E-state index in [1.54, 1.807) is 0 Å². The lowest BCUT2D eigenvalue weighted by Gasteiger charge is -2.04. The fourth-order valence-electron chi connectivity index (χ4n) is 0.651. The van der Waals surface area contributed by atoms with Gasteiger partial charge >= 0.3 is 5.56 Å². The van der Waals surface area contributed by atoms with E-state index in [0.29, 0.717) is 6.54 Å². The van der Waals surface area contributed by atoms with E-state index >= 15 is 0 Å². The van der Waals surface area contributed by atoms with Crippen LogP contribution in [-0.4, -0.2) is 21.8 Å². The smallest absolute Gasteiger partial charge is 0.304 e. The second-order valence-electron chi connectivity index (χ2n) is 1.99. The van der Waals surface area contributed by atoms with Gasteiger partial charge in [-0.3, -0.25) is 4.79 Å². The lowest BCUT2D eigenvalue weighted by Crippen LogP contribution is -2.32. The first-order chi connectivity index (χ1) is 5.75. The molecule has 1 heterocycles. The maximum atomic E-state index is 11.2. The fraction of sp³-hybridized carbons (Fsp3) is 0.333. The zero-order chi connectivity index (χ0) is 8.97. The van der Waals surface area contributed by atoms with Gasteiger partial charge in [-0.05, 0) is 6.07 Å². The molecular formula is C6H7BrClN3O. The fourth-order valence-corrected chi connectivity index (χ4v) is 0.965. The number of rotatable bonds is 3.